The van der Waals surface area contributed by atoms with Gasteiger partial charge in [0.1, 0.15) is 0 Å². The molecule has 14 heavy (non-hydrogen) atoms. The molecule has 1 radical (unpaired) electrons. The van der Waals surface area contributed by atoms with Gasteiger partial charge in [0.05, 0.1) is 0 Å². The maximum atomic E-state index is 2.28. The van der Waals surface area contributed by atoms with Crippen molar-refractivity contribution in [2.45, 2.75) is 40.0 Å². The summed E-state index contributed by atoms with van der Waals surface area (Å²) in [6.45, 7) is 11.1. The lowest BCUT2D eigenvalue weighted by atomic mass is 9.86. The molecular weight excluding hydrogens is 168 g/mol. The molecule has 0 aromatic heterocycles. The Balaban J connectivity index is 2.79. The van der Waals surface area contributed by atoms with Gasteiger partial charge in [0, 0.05) is 0 Å². The Kier molecular flexibility index (Phi) is 3.36. The zero-order chi connectivity index (χ0) is 10.8. The third kappa shape index (κ3) is 3.17. The number of benzene rings is 1. The molecular formula is C14H21. The molecule has 0 nitrogen and oxygen atoms in total. The Morgan fingerprint density at radius 3 is 1.86 bits per heavy atom. The SMILES string of the molecule is CC(C)[CH]c1ccc(C(C)(C)C)cc1. The first-order valence-electron chi connectivity index (χ1n) is 5.35. The van der Waals surface area contributed by atoms with Crippen LogP contribution in [-0.4, -0.2) is 0 Å². The number of hydrogen-bond acceptors (Lipinski definition) is 0. The Morgan fingerprint density at radius 2 is 1.50 bits per heavy atom. The Hall–Kier alpha value is -0.780. The van der Waals surface area contributed by atoms with E-state index in [-0.39, 0.29) is 5.41 Å². The van der Waals surface area contributed by atoms with Crippen molar-refractivity contribution in [3.63, 3.8) is 0 Å². The normalized spacial score (nSPS) is 12.1. The molecule has 77 valence electrons. The van der Waals surface area contributed by atoms with E-state index in [0.717, 1.165) is 0 Å². The lowest BCUT2D eigenvalue weighted by molar-refractivity contribution is 0.590. The fourth-order valence-electron chi connectivity index (χ4n) is 1.48. The van der Waals surface area contributed by atoms with E-state index >= 15 is 0 Å². The molecule has 0 atom stereocenters. The van der Waals surface area contributed by atoms with Crippen LogP contribution in [0.15, 0.2) is 24.3 Å². The molecule has 0 aliphatic heterocycles. The predicted molar refractivity (Wildman–Crippen MR) is 63.4 cm³/mol. The summed E-state index contributed by atoms with van der Waals surface area (Å²) >= 11 is 0. The average Bonchev–Trinajstić information content (AvgIpc) is 2.02. The van der Waals surface area contributed by atoms with Crippen molar-refractivity contribution in [2.75, 3.05) is 0 Å². The van der Waals surface area contributed by atoms with E-state index in [2.05, 4.69) is 65.3 Å². The zero-order valence-electron chi connectivity index (χ0n) is 9.96. The summed E-state index contributed by atoms with van der Waals surface area (Å²) < 4.78 is 0. The van der Waals surface area contributed by atoms with Gasteiger partial charge in [0.25, 0.3) is 0 Å². The highest BCUT2D eigenvalue weighted by molar-refractivity contribution is 5.31. The molecule has 0 N–H and O–H groups in total. The van der Waals surface area contributed by atoms with Crippen molar-refractivity contribution in [3.05, 3.63) is 41.8 Å². The predicted octanol–water partition coefficient (Wildman–Crippen LogP) is 4.19. The minimum Gasteiger partial charge on any atom is -0.0622 e. The average molecular weight is 189 g/mol. The van der Waals surface area contributed by atoms with E-state index in [1.807, 2.05) is 0 Å². The Bertz CT molecular complexity index is 272. The monoisotopic (exact) mass is 189 g/mol. The standard InChI is InChI=1S/C14H21/c1-11(2)10-12-6-8-13(9-7-12)14(3,4)5/h6-11H,1-5H3. The molecule has 0 amide bonds. The van der Waals surface area contributed by atoms with E-state index in [4.69, 9.17) is 0 Å². The zero-order valence-corrected chi connectivity index (χ0v) is 9.96. The minimum atomic E-state index is 0.260. The first kappa shape index (κ1) is 11.3. The molecule has 1 rings (SSSR count). The van der Waals surface area contributed by atoms with Gasteiger partial charge >= 0.3 is 0 Å². The minimum absolute atomic E-state index is 0.260. The Labute approximate surface area is 88.4 Å². The van der Waals surface area contributed by atoms with Crippen LogP contribution < -0.4 is 0 Å². The van der Waals surface area contributed by atoms with Crippen LogP contribution in [0.3, 0.4) is 0 Å². The first-order valence-corrected chi connectivity index (χ1v) is 5.35. The molecule has 1 aromatic carbocycles. The molecule has 0 bridgehead atoms. The lowest BCUT2D eigenvalue weighted by Crippen LogP contribution is -2.10. The van der Waals surface area contributed by atoms with Gasteiger partial charge < -0.3 is 0 Å². The number of hydrogen-bond donors (Lipinski definition) is 0. The summed E-state index contributed by atoms with van der Waals surface area (Å²) in [7, 11) is 0. The highest BCUT2D eigenvalue weighted by Crippen LogP contribution is 2.23. The van der Waals surface area contributed by atoms with Gasteiger partial charge in [-0.15, -0.1) is 0 Å². The topological polar surface area (TPSA) is 0 Å². The summed E-state index contributed by atoms with van der Waals surface area (Å²) in [5, 5.41) is 0. The van der Waals surface area contributed by atoms with Gasteiger partial charge in [0.15, 0.2) is 0 Å². The van der Waals surface area contributed by atoms with Gasteiger partial charge in [-0.3, -0.25) is 0 Å². The maximum absolute atomic E-state index is 2.28. The largest absolute Gasteiger partial charge is 0.0622 e. The molecule has 0 aliphatic carbocycles. The quantitative estimate of drug-likeness (QED) is 0.654. The summed E-state index contributed by atoms with van der Waals surface area (Å²) in [4.78, 5) is 0. The second kappa shape index (κ2) is 4.16. The van der Waals surface area contributed by atoms with E-state index in [0.29, 0.717) is 5.92 Å². The van der Waals surface area contributed by atoms with Crippen LogP contribution in [-0.2, 0) is 5.41 Å². The van der Waals surface area contributed by atoms with Crippen molar-refractivity contribution in [1.29, 1.82) is 0 Å². The molecule has 0 heteroatoms. The summed E-state index contributed by atoms with van der Waals surface area (Å²) in [6.07, 6.45) is 2.28. The second-order valence-electron chi connectivity index (χ2n) is 5.28. The molecule has 1 aromatic rings. The van der Waals surface area contributed by atoms with Crippen molar-refractivity contribution in [2.24, 2.45) is 5.92 Å². The summed E-state index contributed by atoms with van der Waals surface area (Å²) in [5.41, 5.74) is 2.99. The van der Waals surface area contributed by atoms with Crippen molar-refractivity contribution in [3.8, 4) is 0 Å². The van der Waals surface area contributed by atoms with Crippen molar-refractivity contribution in [1.82, 2.24) is 0 Å². The summed E-state index contributed by atoms with van der Waals surface area (Å²) in [6, 6.07) is 8.88. The van der Waals surface area contributed by atoms with E-state index in [9.17, 15) is 0 Å². The van der Waals surface area contributed by atoms with Gasteiger partial charge in [-0.25, -0.2) is 0 Å². The third-order valence-electron chi connectivity index (χ3n) is 2.30. The molecule has 0 unspecified atom stereocenters. The van der Waals surface area contributed by atoms with Crippen LogP contribution in [0.5, 0.6) is 0 Å². The smallest absolute Gasteiger partial charge is 0.00676 e. The van der Waals surface area contributed by atoms with Crippen LogP contribution in [0.25, 0.3) is 0 Å². The van der Waals surface area contributed by atoms with E-state index in [1.54, 1.807) is 0 Å². The van der Waals surface area contributed by atoms with Crippen LogP contribution in [0, 0.1) is 12.3 Å². The molecule has 0 aliphatic rings. The van der Waals surface area contributed by atoms with Gasteiger partial charge in [-0.2, -0.15) is 0 Å². The molecule has 0 fully saturated rings. The molecule has 0 saturated heterocycles. The van der Waals surface area contributed by atoms with Crippen molar-refractivity contribution < 1.29 is 0 Å². The van der Waals surface area contributed by atoms with Crippen LogP contribution in [0.1, 0.15) is 45.7 Å². The van der Waals surface area contributed by atoms with Crippen LogP contribution in [0.4, 0.5) is 0 Å². The number of rotatable bonds is 2. The van der Waals surface area contributed by atoms with Crippen LogP contribution in [0.2, 0.25) is 0 Å². The van der Waals surface area contributed by atoms with Gasteiger partial charge in [-0.05, 0) is 28.9 Å². The molecule has 0 spiro atoms. The third-order valence-corrected chi connectivity index (χ3v) is 2.30. The highest BCUT2D eigenvalue weighted by Gasteiger charge is 2.12. The summed E-state index contributed by atoms with van der Waals surface area (Å²) in [5.74, 6) is 0.621. The highest BCUT2D eigenvalue weighted by atomic mass is 14.2. The Morgan fingerprint density at radius 1 is 1.00 bits per heavy atom. The van der Waals surface area contributed by atoms with E-state index < -0.39 is 0 Å². The lowest BCUT2D eigenvalue weighted by Gasteiger charge is -2.19. The van der Waals surface area contributed by atoms with Crippen molar-refractivity contribution >= 4 is 0 Å². The van der Waals surface area contributed by atoms with E-state index in [1.165, 1.54) is 11.1 Å². The second-order valence-corrected chi connectivity index (χ2v) is 5.28. The maximum Gasteiger partial charge on any atom is -0.00676 e. The van der Waals surface area contributed by atoms with Gasteiger partial charge in [0.2, 0.25) is 0 Å². The first-order chi connectivity index (χ1) is 6.39. The van der Waals surface area contributed by atoms with Gasteiger partial charge in [-0.1, -0.05) is 58.9 Å². The fourth-order valence-corrected chi connectivity index (χ4v) is 1.48. The van der Waals surface area contributed by atoms with Crippen LogP contribution >= 0.6 is 0 Å². The molecule has 0 saturated carbocycles. The fraction of sp³-hybridized carbons (Fsp3) is 0.500. The molecule has 0 heterocycles.